The van der Waals surface area contributed by atoms with Crippen molar-refractivity contribution in [2.75, 3.05) is 62.3 Å². The van der Waals surface area contributed by atoms with Crippen LogP contribution in [-0.4, -0.2) is 83.2 Å². The smallest absolute Gasteiger partial charge is 0.253 e. The first-order valence-corrected chi connectivity index (χ1v) is 13.1. The Morgan fingerprint density at radius 2 is 1.76 bits per heavy atom. The summed E-state index contributed by atoms with van der Waals surface area (Å²) in [6.07, 6.45) is 2.12. The monoisotopic (exact) mass is 539 g/mol. The fraction of sp³-hybridized carbons (Fsp3) is 0.370. The molecule has 9 nitrogen and oxygen atoms in total. The van der Waals surface area contributed by atoms with E-state index in [4.69, 9.17) is 17.3 Å². The average molecular weight is 540 g/mol. The number of aliphatic hydroxyl groups excluding tert-OH is 1. The van der Waals surface area contributed by atoms with E-state index in [0.29, 0.717) is 59.8 Å². The van der Waals surface area contributed by atoms with Crippen molar-refractivity contribution >= 4 is 40.4 Å². The number of carbonyl (C=O) groups is 1. The molecule has 2 aromatic carbocycles. The summed E-state index contributed by atoms with van der Waals surface area (Å²) in [7, 11) is 2.06. The number of benzene rings is 2. The van der Waals surface area contributed by atoms with E-state index in [1.54, 1.807) is 35.2 Å². The zero-order valence-corrected chi connectivity index (χ0v) is 22.0. The molecule has 0 bridgehead atoms. The molecule has 2 fully saturated rings. The lowest BCUT2D eigenvalue weighted by molar-refractivity contribution is 0.0546. The quantitative estimate of drug-likeness (QED) is 0.422. The summed E-state index contributed by atoms with van der Waals surface area (Å²) in [6.45, 7) is 4.25. The van der Waals surface area contributed by atoms with E-state index < -0.39 is 0 Å². The van der Waals surface area contributed by atoms with Crippen LogP contribution in [0.2, 0.25) is 5.15 Å². The lowest BCUT2D eigenvalue weighted by atomic mass is 10.0. The Balaban J connectivity index is 1.46. The maximum Gasteiger partial charge on any atom is 0.253 e. The SMILES string of the molecule is CN1CCN(c2cc(F)c(-c3ccc(C(=O)N4CCC(O)CC4)cc3)cc2Nc2ncnc(Cl)c2N)CC1. The summed E-state index contributed by atoms with van der Waals surface area (Å²) >= 11 is 6.11. The molecular formula is C27H31ClFN7O2. The van der Waals surface area contributed by atoms with Crippen molar-refractivity contribution < 1.29 is 14.3 Å². The number of halogens is 2. The number of nitrogens with one attached hydrogen (secondary N) is 1. The van der Waals surface area contributed by atoms with Crippen molar-refractivity contribution in [2.45, 2.75) is 18.9 Å². The number of anilines is 4. The molecule has 2 saturated heterocycles. The first kappa shape index (κ1) is 26.1. The van der Waals surface area contributed by atoms with Crippen LogP contribution in [0.4, 0.5) is 27.3 Å². The van der Waals surface area contributed by atoms with Crippen LogP contribution in [0.15, 0.2) is 42.7 Å². The Hall–Kier alpha value is -3.47. The van der Waals surface area contributed by atoms with E-state index in [-0.39, 0.29) is 28.7 Å². The third-order valence-corrected chi connectivity index (χ3v) is 7.51. The summed E-state index contributed by atoms with van der Waals surface area (Å²) in [6, 6.07) is 10.2. The van der Waals surface area contributed by atoms with Gasteiger partial charge in [-0.05, 0) is 49.7 Å². The van der Waals surface area contributed by atoms with Crippen LogP contribution in [0.5, 0.6) is 0 Å². The van der Waals surface area contributed by atoms with Crippen molar-refractivity contribution in [3.63, 3.8) is 0 Å². The summed E-state index contributed by atoms with van der Waals surface area (Å²) < 4.78 is 15.6. The van der Waals surface area contributed by atoms with Gasteiger partial charge in [-0.3, -0.25) is 4.79 Å². The molecule has 0 spiro atoms. The minimum atomic E-state index is -0.373. The lowest BCUT2D eigenvalue weighted by Crippen LogP contribution is -2.44. The molecule has 0 unspecified atom stereocenters. The maximum atomic E-state index is 15.6. The highest BCUT2D eigenvalue weighted by Gasteiger charge is 2.24. The number of carbonyl (C=O) groups excluding carboxylic acids is 1. The van der Waals surface area contributed by atoms with Gasteiger partial charge in [-0.15, -0.1) is 0 Å². The first-order valence-electron chi connectivity index (χ1n) is 12.7. The fourth-order valence-corrected chi connectivity index (χ4v) is 4.97. The number of nitrogen functional groups attached to an aromatic ring is 1. The minimum absolute atomic E-state index is 0.0900. The molecule has 0 radical (unpaired) electrons. The Kier molecular flexibility index (Phi) is 7.64. The van der Waals surface area contributed by atoms with Crippen molar-refractivity contribution in [1.29, 1.82) is 0 Å². The predicted molar refractivity (Wildman–Crippen MR) is 147 cm³/mol. The van der Waals surface area contributed by atoms with Gasteiger partial charge in [0.1, 0.15) is 17.8 Å². The van der Waals surface area contributed by atoms with E-state index in [1.807, 2.05) is 0 Å². The van der Waals surface area contributed by atoms with Gasteiger partial charge in [0, 0.05) is 50.4 Å². The van der Waals surface area contributed by atoms with Crippen LogP contribution >= 0.6 is 11.6 Å². The summed E-state index contributed by atoms with van der Waals surface area (Å²) in [5, 5.41) is 13.1. The Morgan fingerprint density at radius 1 is 1.08 bits per heavy atom. The standard InChI is InChI=1S/C27H31ClFN7O2/c1-34-10-12-35(13-11-34)23-15-21(29)20(14-22(23)33-26-24(30)25(28)31-16-32-26)17-2-4-18(5-3-17)27(38)36-8-6-19(37)7-9-36/h2-5,14-16,19,37H,6-13,30H2,1H3,(H,31,32,33). The minimum Gasteiger partial charge on any atom is -0.393 e. The van der Waals surface area contributed by atoms with Crippen LogP contribution in [0.3, 0.4) is 0 Å². The first-order chi connectivity index (χ1) is 18.3. The molecule has 5 rings (SSSR count). The van der Waals surface area contributed by atoms with Crippen molar-refractivity contribution in [3.05, 3.63) is 59.3 Å². The second kappa shape index (κ2) is 11.1. The summed E-state index contributed by atoms with van der Waals surface area (Å²) in [4.78, 5) is 27.1. The van der Waals surface area contributed by atoms with Gasteiger partial charge in [0.05, 0.1) is 17.5 Å². The zero-order valence-electron chi connectivity index (χ0n) is 21.2. The van der Waals surface area contributed by atoms with Gasteiger partial charge in [0.25, 0.3) is 5.91 Å². The largest absolute Gasteiger partial charge is 0.393 e. The number of nitrogens with zero attached hydrogens (tertiary/aromatic N) is 5. The predicted octanol–water partition coefficient (Wildman–Crippen LogP) is 3.61. The van der Waals surface area contributed by atoms with Crippen molar-refractivity contribution in [1.82, 2.24) is 19.8 Å². The number of likely N-dealkylation sites (N-methyl/N-ethyl adjacent to an activating group) is 1. The fourth-order valence-electron chi connectivity index (χ4n) is 4.84. The Morgan fingerprint density at radius 3 is 2.45 bits per heavy atom. The number of hydrogen-bond donors (Lipinski definition) is 3. The van der Waals surface area contributed by atoms with Gasteiger partial charge >= 0.3 is 0 Å². The molecule has 2 aliphatic rings. The average Bonchev–Trinajstić information content (AvgIpc) is 2.92. The topological polar surface area (TPSA) is 111 Å². The molecule has 3 heterocycles. The van der Waals surface area contributed by atoms with Gasteiger partial charge < -0.3 is 30.9 Å². The number of aliphatic hydroxyl groups is 1. The molecule has 0 saturated carbocycles. The molecule has 4 N–H and O–H groups in total. The number of amides is 1. The van der Waals surface area contributed by atoms with Crippen LogP contribution < -0.4 is 16.0 Å². The van der Waals surface area contributed by atoms with E-state index in [9.17, 15) is 9.90 Å². The Labute approximate surface area is 226 Å². The molecule has 1 aromatic heterocycles. The van der Waals surface area contributed by atoms with Gasteiger partial charge in [0.2, 0.25) is 0 Å². The van der Waals surface area contributed by atoms with Crippen molar-refractivity contribution in [2.24, 2.45) is 0 Å². The number of nitrogens with two attached hydrogens (primary N) is 1. The lowest BCUT2D eigenvalue weighted by Gasteiger charge is -2.35. The third kappa shape index (κ3) is 5.52. The van der Waals surface area contributed by atoms with Crippen LogP contribution in [0.1, 0.15) is 23.2 Å². The maximum absolute atomic E-state index is 15.6. The van der Waals surface area contributed by atoms with Gasteiger partial charge in [-0.2, -0.15) is 0 Å². The second-order valence-corrected chi connectivity index (χ2v) is 10.2. The van der Waals surface area contributed by atoms with Crippen molar-refractivity contribution in [3.8, 4) is 11.1 Å². The van der Waals surface area contributed by atoms with Gasteiger partial charge in [-0.1, -0.05) is 23.7 Å². The molecule has 38 heavy (non-hydrogen) atoms. The molecule has 0 aliphatic carbocycles. The number of piperidine rings is 1. The molecule has 2 aliphatic heterocycles. The molecule has 0 atom stereocenters. The van der Waals surface area contributed by atoms with Crippen LogP contribution in [0, 0.1) is 5.82 Å². The number of piperazine rings is 1. The van der Waals surface area contributed by atoms with Crippen LogP contribution in [0.25, 0.3) is 11.1 Å². The summed E-state index contributed by atoms with van der Waals surface area (Å²) in [5.41, 5.74) is 9.19. The second-order valence-electron chi connectivity index (χ2n) is 9.79. The highest BCUT2D eigenvalue weighted by Crippen LogP contribution is 2.37. The Bertz CT molecular complexity index is 1310. The highest BCUT2D eigenvalue weighted by atomic mass is 35.5. The van der Waals surface area contributed by atoms with E-state index in [1.165, 1.54) is 12.4 Å². The molecule has 1 amide bonds. The zero-order chi connectivity index (χ0) is 26.8. The molecular weight excluding hydrogens is 509 g/mol. The summed E-state index contributed by atoms with van der Waals surface area (Å²) in [5.74, 6) is -0.124. The van der Waals surface area contributed by atoms with Gasteiger partial charge in [0.15, 0.2) is 11.0 Å². The highest BCUT2D eigenvalue weighted by molar-refractivity contribution is 6.32. The molecule has 3 aromatic rings. The van der Waals surface area contributed by atoms with E-state index in [0.717, 1.165) is 26.2 Å². The number of likely N-dealkylation sites (tertiary alicyclic amines) is 1. The molecule has 11 heteroatoms. The number of aromatic nitrogens is 2. The number of hydrogen-bond acceptors (Lipinski definition) is 8. The van der Waals surface area contributed by atoms with Crippen LogP contribution in [-0.2, 0) is 0 Å². The van der Waals surface area contributed by atoms with E-state index in [2.05, 4.69) is 32.1 Å². The normalized spacial score (nSPS) is 17.1. The third-order valence-electron chi connectivity index (χ3n) is 7.21. The van der Waals surface area contributed by atoms with E-state index >= 15 is 4.39 Å². The number of rotatable bonds is 5. The van der Waals surface area contributed by atoms with Gasteiger partial charge in [-0.25, -0.2) is 14.4 Å². The molecule has 200 valence electrons.